The van der Waals surface area contributed by atoms with E-state index in [0.29, 0.717) is 18.1 Å². The molecule has 1 N–H and O–H groups in total. The summed E-state index contributed by atoms with van der Waals surface area (Å²) in [4.78, 5) is 16.6. The number of aromatic nitrogens is 6. The van der Waals surface area contributed by atoms with E-state index >= 15 is 0 Å². The topological polar surface area (TPSA) is 89.7 Å². The van der Waals surface area contributed by atoms with E-state index in [2.05, 4.69) is 15.2 Å². The van der Waals surface area contributed by atoms with Crippen LogP contribution in [0.4, 0.5) is 0 Å². The highest BCUT2D eigenvalue weighted by molar-refractivity contribution is 5.56. The third kappa shape index (κ3) is 3.52. The zero-order valence-electron chi connectivity index (χ0n) is 15.5. The molecule has 4 rings (SSSR count). The molecule has 0 aliphatic heterocycles. The van der Waals surface area contributed by atoms with Crippen LogP contribution < -0.4 is 10.1 Å². The smallest absolute Gasteiger partial charge is 0.330 e. The van der Waals surface area contributed by atoms with E-state index in [1.807, 2.05) is 44.6 Å². The molecule has 3 heterocycles. The monoisotopic (exact) mass is 375 g/mol. The molecule has 0 aliphatic carbocycles. The molecule has 1 aromatic carbocycles. The first-order chi connectivity index (χ1) is 13.5. The Bertz CT molecular complexity index is 1210. The van der Waals surface area contributed by atoms with E-state index in [9.17, 15) is 9.90 Å². The van der Waals surface area contributed by atoms with Gasteiger partial charge in [-0.15, -0.1) is 0 Å². The Hall–Kier alpha value is -3.81. The van der Waals surface area contributed by atoms with Crippen molar-refractivity contribution in [3.63, 3.8) is 0 Å². The molecule has 8 heteroatoms. The quantitative estimate of drug-likeness (QED) is 0.543. The van der Waals surface area contributed by atoms with Crippen molar-refractivity contribution < 1.29 is 9.67 Å². The summed E-state index contributed by atoms with van der Waals surface area (Å²) in [6, 6.07) is 11.0. The van der Waals surface area contributed by atoms with Crippen LogP contribution in [0.1, 0.15) is 5.56 Å². The van der Waals surface area contributed by atoms with E-state index in [0.717, 1.165) is 16.7 Å². The molecule has 0 radical (unpaired) electrons. The predicted molar refractivity (Wildman–Crippen MR) is 102 cm³/mol. The largest absolute Gasteiger partial charge is 0.502 e. The maximum atomic E-state index is 12.3. The number of hydrogen-bond donors (Lipinski definition) is 1. The number of aromatic hydroxyl groups is 1. The summed E-state index contributed by atoms with van der Waals surface area (Å²) in [5, 5.41) is 18.2. The maximum Gasteiger partial charge on any atom is 0.330 e. The predicted octanol–water partition coefficient (Wildman–Crippen LogP) is 1.28. The first kappa shape index (κ1) is 17.6. The summed E-state index contributed by atoms with van der Waals surface area (Å²) < 4.78 is 4.88. The van der Waals surface area contributed by atoms with Crippen LogP contribution in [0.3, 0.4) is 0 Å². The Balaban J connectivity index is 1.67. The van der Waals surface area contributed by atoms with Crippen molar-refractivity contribution >= 4 is 0 Å². The van der Waals surface area contributed by atoms with Crippen LogP contribution in [0.25, 0.3) is 22.6 Å². The summed E-state index contributed by atoms with van der Waals surface area (Å²) >= 11 is 0. The summed E-state index contributed by atoms with van der Waals surface area (Å²) in [5.41, 5.74) is 3.17. The van der Waals surface area contributed by atoms with Crippen LogP contribution >= 0.6 is 0 Å². The van der Waals surface area contributed by atoms with Gasteiger partial charge in [0.15, 0.2) is 11.9 Å². The lowest BCUT2D eigenvalue weighted by molar-refractivity contribution is -0.663. The summed E-state index contributed by atoms with van der Waals surface area (Å²) in [7, 11) is 3.65. The van der Waals surface area contributed by atoms with Crippen LogP contribution in [-0.4, -0.2) is 29.7 Å². The number of nitrogens with zero attached hydrogens (tertiary/aromatic N) is 6. The molecule has 0 aliphatic rings. The lowest BCUT2D eigenvalue weighted by atomic mass is 10.1. The fraction of sp³-hybridized carbons (Fsp3) is 0.150. The number of hydrogen-bond acceptors (Lipinski definition) is 5. The molecule has 0 saturated heterocycles. The lowest BCUT2D eigenvalue weighted by Gasteiger charge is -2.07. The summed E-state index contributed by atoms with van der Waals surface area (Å²) in [5.74, 6) is 0.814. The molecule has 0 saturated carbocycles. The fourth-order valence-electron chi connectivity index (χ4n) is 3.04. The van der Waals surface area contributed by atoms with Crippen molar-refractivity contribution in [1.29, 1.82) is 0 Å². The van der Waals surface area contributed by atoms with Crippen LogP contribution in [0.15, 0.2) is 66.0 Å². The van der Waals surface area contributed by atoms with Crippen molar-refractivity contribution in [2.75, 3.05) is 0 Å². The molecular formula is C20H19N6O2+. The Morgan fingerprint density at radius 1 is 1.14 bits per heavy atom. The van der Waals surface area contributed by atoms with Crippen molar-refractivity contribution in [3.05, 3.63) is 77.1 Å². The van der Waals surface area contributed by atoms with E-state index in [1.54, 1.807) is 27.7 Å². The molecule has 0 amide bonds. The van der Waals surface area contributed by atoms with Gasteiger partial charge in [-0.3, -0.25) is 9.48 Å². The van der Waals surface area contributed by atoms with Crippen LogP contribution in [0, 0.1) is 0 Å². The third-order valence-corrected chi connectivity index (χ3v) is 4.36. The average Bonchev–Trinajstić information content (AvgIpc) is 3.10. The lowest BCUT2D eigenvalue weighted by Crippen LogP contribution is -2.31. The van der Waals surface area contributed by atoms with Gasteiger partial charge >= 0.3 is 5.82 Å². The van der Waals surface area contributed by atoms with Gasteiger partial charge in [0.1, 0.15) is 6.20 Å². The molecule has 3 aromatic heterocycles. The zero-order chi connectivity index (χ0) is 19.7. The fourth-order valence-corrected chi connectivity index (χ4v) is 3.04. The molecule has 0 atom stereocenters. The minimum absolute atomic E-state index is 0.102. The van der Waals surface area contributed by atoms with Gasteiger partial charge in [0.25, 0.3) is 5.56 Å². The second kappa shape index (κ2) is 7.07. The molecule has 4 aromatic rings. The van der Waals surface area contributed by atoms with Crippen molar-refractivity contribution in [1.82, 2.24) is 24.5 Å². The van der Waals surface area contributed by atoms with Crippen LogP contribution in [0.2, 0.25) is 0 Å². The first-order valence-corrected chi connectivity index (χ1v) is 8.71. The minimum atomic E-state index is -0.175. The molecule has 8 nitrogen and oxygen atoms in total. The SMILES string of the molecule is Cn1cc(-c2ccc(=O)n(Cc3cccc(-c4ncc(O)c[n+]4C)c3)n2)cn1. The van der Waals surface area contributed by atoms with Gasteiger partial charge in [-0.05, 0) is 28.7 Å². The Labute approximate surface area is 161 Å². The number of benzene rings is 1. The zero-order valence-corrected chi connectivity index (χ0v) is 15.5. The van der Waals surface area contributed by atoms with Crippen molar-refractivity contribution in [3.8, 4) is 28.4 Å². The highest BCUT2D eigenvalue weighted by Gasteiger charge is 2.14. The normalized spacial score (nSPS) is 10.9. The van der Waals surface area contributed by atoms with Gasteiger partial charge < -0.3 is 5.11 Å². The van der Waals surface area contributed by atoms with E-state index in [-0.39, 0.29) is 11.3 Å². The molecule has 140 valence electrons. The molecular weight excluding hydrogens is 356 g/mol. The van der Waals surface area contributed by atoms with Gasteiger partial charge in [-0.2, -0.15) is 10.2 Å². The Morgan fingerprint density at radius 2 is 2.00 bits per heavy atom. The standard InChI is InChI=1S/C20H18N6O2/c1-24-13-17(27)10-21-20(24)15-5-3-4-14(8-15)11-26-19(28)7-6-18(23-26)16-9-22-25(2)12-16/h3-10,12-13H,11H2,1-2H3/p+1. The second-order valence-corrected chi connectivity index (χ2v) is 6.56. The van der Waals surface area contributed by atoms with E-state index in [1.165, 1.54) is 16.9 Å². The van der Waals surface area contributed by atoms with Crippen LogP contribution in [-0.2, 0) is 20.6 Å². The molecule has 28 heavy (non-hydrogen) atoms. The van der Waals surface area contributed by atoms with Crippen molar-refractivity contribution in [2.45, 2.75) is 6.54 Å². The molecule has 0 bridgehead atoms. The Kier molecular flexibility index (Phi) is 4.44. The molecule has 0 spiro atoms. The molecule has 0 unspecified atom stereocenters. The highest BCUT2D eigenvalue weighted by Crippen LogP contribution is 2.17. The maximum absolute atomic E-state index is 12.3. The van der Waals surface area contributed by atoms with Gasteiger partial charge in [-0.25, -0.2) is 9.25 Å². The summed E-state index contributed by atoms with van der Waals surface area (Å²) in [6.07, 6.45) is 6.58. The number of aryl methyl sites for hydroxylation is 2. The first-order valence-electron chi connectivity index (χ1n) is 8.71. The Morgan fingerprint density at radius 3 is 2.75 bits per heavy atom. The van der Waals surface area contributed by atoms with Crippen molar-refractivity contribution in [2.24, 2.45) is 14.1 Å². The van der Waals surface area contributed by atoms with Gasteiger partial charge in [0.05, 0.1) is 31.0 Å². The van der Waals surface area contributed by atoms with E-state index < -0.39 is 0 Å². The van der Waals surface area contributed by atoms with Gasteiger partial charge in [-0.1, -0.05) is 12.1 Å². The number of rotatable bonds is 4. The van der Waals surface area contributed by atoms with Crippen LogP contribution in [0.5, 0.6) is 5.75 Å². The molecule has 0 fully saturated rings. The summed E-state index contributed by atoms with van der Waals surface area (Å²) in [6.45, 7) is 0.336. The van der Waals surface area contributed by atoms with Gasteiger partial charge in [0, 0.05) is 24.9 Å². The highest BCUT2D eigenvalue weighted by atomic mass is 16.3. The van der Waals surface area contributed by atoms with E-state index in [4.69, 9.17) is 0 Å². The van der Waals surface area contributed by atoms with Gasteiger partial charge in [0.2, 0.25) is 0 Å². The average molecular weight is 375 g/mol. The minimum Gasteiger partial charge on any atom is -0.502 e. The third-order valence-electron chi connectivity index (χ3n) is 4.36. The second-order valence-electron chi connectivity index (χ2n) is 6.56.